The van der Waals surface area contributed by atoms with Crippen LogP contribution in [0.4, 0.5) is 5.69 Å². The third-order valence-electron chi connectivity index (χ3n) is 3.20. The molecule has 4 nitrogen and oxygen atoms in total. The van der Waals surface area contributed by atoms with E-state index in [0.717, 1.165) is 19.3 Å². The van der Waals surface area contributed by atoms with Crippen LogP contribution in [0.2, 0.25) is 0 Å². The molecule has 0 saturated carbocycles. The van der Waals surface area contributed by atoms with Crippen molar-refractivity contribution in [3.63, 3.8) is 0 Å². The maximum absolute atomic E-state index is 12.2. The van der Waals surface area contributed by atoms with Crippen LogP contribution < -0.4 is 10.5 Å². The Balaban J connectivity index is 2.09. The van der Waals surface area contributed by atoms with E-state index in [-0.39, 0.29) is 10.6 Å². The van der Waals surface area contributed by atoms with E-state index in [1.54, 1.807) is 12.1 Å². The number of hydrogen-bond donors (Lipinski definition) is 2. The maximum Gasteiger partial charge on any atom is 0.242 e. The lowest BCUT2D eigenvalue weighted by molar-refractivity contribution is 0.468. The first-order valence-corrected chi connectivity index (χ1v) is 8.46. The van der Waals surface area contributed by atoms with Crippen LogP contribution in [-0.4, -0.2) is 15.0 Å². The molecule has 1 aromatic rings. The molecule has 0 radical (unpaired) electrons. The van der Waals surface area contributed by atoms with E-state index >= 15 is 0 Å². The summed E-state index contributed by atoms with van der Waals surface area (Å²) in [6, 6.07) is 4.83. The summed E-state index contributed by atoms with van der Waals surface area (Å²) in [6.45, 7) is 0.457. The fourth-order valence-corrected chi connectivity index (χ4v) is 3.87. The van der Waals surface area contributed by atoms with Crippen LogP contribution >= 0.6 is 15.9 Å². The molecule has 0 heterocycles. The van der Waals surface area contributed by atoms with Crippen molar-refractivity contribution in [2.45, 2.75) is 24.2 Å². The van der Waals surface area contributed by atoms with Crippen molar-refractivity contribution in [3.8, 4) is 0 Å². The molecule has 2 rings (SSSR count). The van der Waals surface area contributed by atoms with E-state index in [4.69, 9.17) is 5.73 Å². The number of nitrogens with two attached hydrogens (primary N) is 1. The molecule has 0 fully saturated rings. The zero-order valence-corrected chi connectivity index (χ0v) is 12.9. The molecule has 1 unspecified atom stereocenters. The first kappa shape index (κ1) is 14.6. The monoisotopic (exact) mass is 344 g/mol. The van der Waals surface area contributed by atoms with Gasteiger partial charge in [-0.05, 0) is 43.4 Å². The van der Waals surface area contributed by atoms with Gasteiger partial charge in [-0.25, -0.2) is 13.1 Å². The summed E-state index contributed by atoms with van der Waals surface area (Å²) >= 11 is 3.26. The summed E-state index contributed by atoms with van der Waals surface area (Å²) in [5.41, 5.74) is 6.00. The molecule has 1 aliphatic rings. The van der Waals surface area contributed by atoms with Crippen LogP contribution in [0.1, 0.15) is 19.3 Å². The minimum Gasteiger partial charge on any atom is -0.398 e. The predicted molar refractivity (Wildman–Crippen MR) is 80.2 cm³/mol. The van der Waals surface area contributed by atoms with Crippen molar-refractivity contribution in [2.75, 3.05) is 12.3 Å². The van der Waals surface area contributed by atoms with Crippen LogP contribution in [0.5, 0.6) is 0 Å². The number of nitrogens with one attached hydrogen (secondary N) is 1. The SMILES string of the molecule is Nc1ccc(Br)cc1S(=O)(=O)NCC1CC=CCC1. The Hall–Kier alpha value is -0.850. The van der Waals surface area contributed by atoms with Crippen LogP contribution in [0.3, 0.4) is 0 Å². The molecule has 104 valence electrons. The normalized spacial score (nSPS) is 19.5. The number of nitrogen functional groups attached to an aromatic ring is 1. The molecular weight excluding hydrogens is 328 g/mol. The molecule has 1 aromatic carbocycles. The lowest BCUT2D eigenvalue weighted by atomic mass is 9.95. The van der Waals surface area contributed by atoms with Gasteiger partial charge in [0.05, 0.1) is 5.69 Å². The van der Waals surface area contributed by atoms with Gasteiger partial charge in [0.1, 0.15) is 4.90 Å². The smallest absolute Gasteiger partial charge is 0.242 e. The van der Waals surface area contributed by atoms with Gasteiger partial charge in [0.2, 0.25) is 10.0 Å². The predicted octanol–water partition coefficient (Wildman–Crippen LogP) is 2.67. The average Bonchev–Trinajstić information content (AvgIpc) is 2.40. The minimum atomic E-state index is -3.54. The first-order valence-electron chi connectivity index (χ1n) is 6.19. The Morgan fingerprint density at radius 3 is 2.84 bits per heavy atom. The zero-order chi connectivity index (χ0) is 13.9. The molecule has 0 aliphatic heterocycles. The highest BCUT2D eigenvalue weighted by molar-refractivity contribution is 9.10. The van der Waals surface area contributed by atoms with E-state index in [1.165, 1.54) is 6.07 Å². The number of anilines is 1. The van der Waals surface area contributed by atoms with Gasteiger partial charge in [-0.15, -0.1) is 0 Å². The lowest BCUT2D eigenvalue weighted by Crippen LogP contribution is -2.30. The van der Waals surface area contributed by atoms with Gasteiger partial charge in [0, 0.05) is 11.0 Å². The van der Waals surface area contributed by atoms with Gasteiger partial charge >= 0.3 is 0 Å². The highest BCUT2D eigenvalue weighted by Gasteiger charge is 2.19. The summed E-state index contributed by atoms with van der Waals surface area (Å²) in [7, 11) is -3.54. The molecule has 6 heteroatoms. The van der Waals surface area contributed by atoms with Crippen LogP contribution in [0.15, 0.2) is 39.7 Å². The molecule has 1 atom stereocenters. The Labute approximate surface area is 122 Å². The van der Waals surface area contributed by atoms with Crippen LogP contribution in [0, 0.1) is 5.92 Å². The summed E-state index contributed by atoms with van der Waals surface area (Å²) in [5.74, 6) is 0.369. The summed E-state index contributed by atoms with van der Waals surface area (Å²) in [5, 5.41) is 0. The maximum atomic E-state index is 12.2. The van der Waals surface area contributed by atoms with E-state index in [9.17, 15) is 8.42 Å². The molecular formula is C13H17BrN2O2S. The third kappa shape index (κ3) is 3.81. The second kappa shape index (κ2) is 6.07. The number of benzene rings is 1. The number of rotatable bonds is 4. The van der Waals surface area contributed by atoms with E-state index in [2.05, 4.69) is 32.8 Å². The zero-order valence-electron chi connectivity index (χ0n) is 10.5. The second-order valence-corrected chi connectivity index (χ2v) is 7.34. The summed E-state index contributed by atoms with van der Waals surface area (Å²) in [4.78, 5) is 0.133. The van der Waals surface area contributed by atoms with Crippen molar-refractivity contribution in [1.29, 1.82) is 0 Å². The third-order valence-corrected chi connectivity index (χ3v) is 5.18. The van der Waals surface area contributed by atoms with Gasteiger partial charge in [0.25, 0.3) is 0 Å². The molecule has 1 aliphatic carbocycles. The standard InChI is InChI=1S/C13H17BrN2O2S/c14-11-6-7-12(15)13(8-11)19(17,18)16-9-10-4-2-1-3-5-10/h1-2,6-8,10,16H,3-5,9,15H2. The van der Waals surface area contributed by atoms with Crippen molar-refractivity contribution in [1.82, 2.24) is 4.72 Å². The number of hydrogen-bond acceptors (Lipinski definition) is 3. The molecule has 19 heavy (non-hydrogen) atoms. The van der Waals surface area contributed by atoms with Crippen molar-refractivity contribution in [2.24, 2.45) is 5.92 Å². The molecule has 0 bridgehead atoms. The van der Waals surface area contributed by atoms with Gasteiger partial charge in [-0.1, -0.05) is 28.1 Å². The van der Waals surface area contributed by atoms with Crippen LogP contribution in [-0.2, 0) is 10.0 Å². The Bertz CT molecular complexity index is 584. The van der Waals surface area contributed by atoms with Crippen molar-refractivity contribution >= 4 is 31.6 Å². The number of halogens is 1. The van der Waals surface area contributed by atoms with Crippen molar-refractivity contribution < 1.29 is 8.42 Å². The summed E-state index contributed by atoms with van der Waals surface area (Å²) in [6.07, 6.45) is 7.21. The number of sulfonamides is 1. The van der Waals surface area contributed by atoms with Crippen molar-refractivity contribution in [3.05, 3.63) is 34.8 Å². The molecule has 0 saturated heterocycles. The van der Waals surface area contributed by atoms with Crippen LogP contribution in [0.25, 0.3) is 0 Å². The average molecular weight is 345 g/mol. The Morgan fingerprint density at radius 2 is 2.16 bits per heavy atom. The Kier molecular flexibility index (Phi) is 4.65. The van der Waals surface area contributed by atoms with E-state index in [0.29, 0.717) is 16.9 Å². The molecule has 0 amide bonds. The van der Waals surface area contributed by atoms with Gasteiger partial charge in [-0.2, -0.15) is 0 Å². The fraction of sp³-hybridized carbons (Fsp3) is 0.385. The van der Waals surface area contributed by atoms with E-state index in [1.807, 2.05) is 0 Å². The molecule has 0 aromatic heterocycles. The number of allylic oxidation sites excluding steroid dienone is 2. The lowest BCUT2D eigenvalue weighted by Gasteiger charge is -2.18. The topological polar surface area (TPSA) is 72.2 Å². The van der Waals surface area contributed by atoms with E-state index < -0.39 is 10.0 Å². The highest BCUT2D eigenvalue weighted by atomic mass is 79.9. The molecule has 0 spiro atoms. The van der Waals surface area contributed by atoms with Gasteiger partial charge in [-0.3, -0.25) is 0 Å². The Morgan fingerprint density at radius 1 is 1.37 bits per heavy atom. The van der Waals surface area contributed by atoms with Gasteiger partial charge < -0.3 is 5.73 Å². The molecule has 3 N–H and O–H groups in total. The largest absolute Gasteiger partial charge is 0.398 e. The minimum absolute atomic E-state index is 0.133. The second-order valence-electron chi connectivity index (χ2n) is 4.68. The quantitative estimate of drug-likeness (QED) is 0.651. The first-order chi connectivity index (χ1) is 8.99. The van der Waals surface area contributed by atoms with Gasteiger partial charge in [0.15, 0.2) is 0 Å². The fourth-order valence-electron chi connectivity index (χ4n) is 2.09. The summed E-state index contributed by atoms with van der Waals surface area (Å²) < 4.78 is 27.8. The highest BCUT2D eigenvalue weighted by Crippen LogP contribution is 2.23.